The zero-order valence-electron chi connectivity index (χ0n) is 11.5. The molecule has 3 rings (SSSR count). The summed E-state index contributed by atoms with van der Waals surface area (Å²) in [5, 5.41) is 22.4. The zero-order valence-corrected chi connectivity index (χ0v) is 12.3. The normalized spacial score (nSPS) is 10.5. The first-order valence-corrected chi connectivity index (χ1v) is 7.27. The highest BCUT2D eigenvalue weighted by molar-refractivity contribution is 7.13. The van der Waals surface area contributed by atoms with Gasteiger partial charge in [-0.05, 0) is 36.4 Å². The fourth-order valence-electron chi connectivity index (χ4n) is 1.91. The van der Waals surface area contributed by atoms with Crippen molar-refractivity contribution in [1.29, 1.82) is 0 Å². The van der Waals surface area contributed by atoms with Gasteiger partial charge in [-0.25, -0.2) is 9.37 Å². The molecule has 23 heavy (non-hydrogen) atoms. The molecular formula is C15H9FN2O4S. The Morgan fingerprint density at radius 1 is 1.22 bits per heavy atom. The average Bonchev–Trinajstić information content (AvgIpc) is 2.96. The number of rotatable bonds is 4. The molecule has 0 radical (unpaired) electrons. The van der Waals surface area contributed by atoms with Crippen molar-refractivity contribution < 1.29 is 19.2 Å². The number of hydrogen-bond donors (Lipinski definition) is 1. The maximum atomic E-state index is 12.9. The molecule has 0 bridgehead atoms. The van der Waals surface area contributed by atoms with Crippen LogP contribution in [0.4, 0.5) is 10.1 Å². The Morgan fingerprint density at radius 2 is 1.96 bits per heavy atom. The van der Waals surface area contributed by atoms with Crippen molar-refractivity contribution in [2.75, 3.05) is 0 Å². The lowest BCUT2D eigenvalue weighted by molar-refractivity contribution is -0.385. The third-order valence-corrected chi connectivity index (χ3v) is 3.82. The molecule has 0 fully saturated rings. The molecule has 0 saturated carbocycles. The van der Waals surface area contributed by atoms with Crippen molar-refractivity contribution in [3.8, 4) is 28.0 Å². The number of hydrogen-bond acceptors (Lipinski definition) is 6. The highest BCUT2D eigenvalue weighted by Gasteiger charge is 2.18. The van der Waals surface area contributed by atoms with Crippen LogP contribution in [0.15, 0.2) is 47.8 Å². The van der Waals surface area contributed by atoms with Gasteiger partial charge in [0.15, 0.2) is 0 Å². The number of thiazole rings is 1. The molecular weight excluding hydrogens is 323 g/mol. The molecule has 0 atom stereocenters. The number of nitrogens with zero attached hydrogens (tertiary/aromatic N) is 2. The fourth-order valence-corrected chi connectivity index (χ4v) is 2.59. The van der Waals surface area contributed by atoms with Crippen molar-refractivity contribution >= 4 is 17.0 Å². The van der Waals surface area contributed by atoms with Gasteiger partial charge in [0.2, 0.25) is 11.6 Å². The molecule has 1 aromatic heterocycles. The van der Waals surface area contributed by atoms with E-state index in [0.717, 1.165) is 0 Å². The first-order chi connectivity index (χ1) is 11.0. The summed E-state index contributed by atoms with van der Waals surface area (Å²) in [5.41, 5.74) is 0.245. The molecule has 2 aromatic carbocycles. The van der Waals surface area contributed by atoms with Gasteiger partial charge >= 0.3 is 5.69 Å². The second kappa shape index (κ2) is 6.01. The van der Waals surface area contributed by atoms with E-state index in [9.17, 15) is 19.6 Å². The van der Waals surface area contributed by atoms with E-state index in [1.807, 2.05) is 0 Å². The van der Waals surface area contributed by atoms with E-state index in [2.05, 4.69) is 4.98 Å². The molecule has 0 aliphatic heterocycles. The molecule has 1 N–H and O–H groups in total. The number of aromatic nitrogens is 1. The molecule has 0 amide bonds. The standard InChI is InChI=1S/C15H9FN2O4S/c16-10-2-4-11(5-3-10)22-13-6-1-9(7-12(13)18(20)21)15-17-14(19)8-23-15/h1-8,19H. The SMILES string of the molecule is O=[N+]([O-])c1cc(-c2nc(O)cs2)ccc1Oc1ccc(F)cc1. The van der Waals surface area contributed by atoms with Gasteiger partial charge in [-0.15, -0.1) is 11.3 Å². The molecule has 0 unspecified atom stereocenters. The van der Waals surface area contributed by atoms with Gasteiger partial charge in [0, 0.05) is 11.6 Å². The van der Waals surface area contributed by atoms with Crippen LogP contribution in [0.3, 0.4) is 0 Å². The number of nitro groups is 1. The minimum absolute atomic E-state index is 0.0335. The van der Waals surface area contributed by atoms with Gasteiger partial charge in [-0.1, -0.05) is 0 Å². The summed E-state index contributed by atoms with van der Waals surface area (Å²) >= 11 is 1.17. The van der Waals surface area contributed by atoms with E-state index in [1.165, 1.54) is 53.1 Å². The van der Waals surface area contributed by atoms with Crippen molar-refractivity contribution in [3.63, 3.8) is 0 Å². The summed E-state index contributed by atoms with van der Waals surface area (Å²) in [6, 6.07) is 9.52. The Kier molecular flexibility index (Phi) is 3.90. The lowest BCUT2D eigenvalue weighted by Crippen LogP contribution is -1.94. The van der Waals surface area contributed by atoms with Crippen molar-refractivity contribution in [2.45, 2.75) is 0 Å². The van der Waals surface area contributed by atoms with Gasteiger partial charge in [0.05, 0.1) is 10.3 Å². The van der Waals surface area contributed by atoms with Gasteiger partial charge in [-0.2, -0.15) is 0 Å². The largest absolute Gasteiger partial charge is 0.493 e. The van der Waals surface area contributed by atoms with Crippen LogP contribution in [0.1, 0.15) is 0 Å². The Bertz CT molecular complexity index is 864. The van der Waals surface area contributed by atoms with Crippen LogP contribution >= 0.6 is 11.3 Å². The molecule has 0 aliphatic rings. The molecule has 0 saturated heterocycles. The summed E-state index contributed by atoms with van der Waals surface area (Å²) in [5.74, 6) is -0.245. The minimum atomic E-state index is -0.574. The third kappa shape index (κ3) is 3.27. The second-order valence-corrected chi connectivity index (χ2v) is 5.36. The Morgan fingerprint density at radius 3 is 2.57 bits per heavy atom. The molecule has 1 heterocycles. The summed E-state index contributed by atoms with van der Waals surface area (Å²) < 4.78 is 18.3. The van der Waals surface area contributed by atoms with Crippen molar-refractivity contribution in [1.82, 2.24) is 4.98 Å². The quantitative estimate of drug-likeness (QED) is 0.567. The fraction of sp³-hybridized carbons (Fsp3) is 0. The Labute approximate surface area is 133 Å². The number of ether oxygens (including phenoxy) is 1. The molecule has 6 nitrogen and oxygen atoms in total. The van der Waals surface area contributed by atoms with Crippen LogP contribution in [0, 0.1) is 15.9 Å². The summed E-state index contributed by atoms with van der Waals surface area (Å²) in [6.07, 6.45) is 0. The highest BCUT2D eigenvalue weighted by Crippen LogP contribution is 2.36. The van der Waals surface area contributed by atoms with E-state index in [-0.39, 0.29) is 23.1 Å². The van der Waals surface area contributed by atoms with Gasteiger partial charge < -0.3 is 9.84 Å². The van der Waals surface area contributed by atoms with Gasteiger partial charge in [-0.3, -0.25) is 10.1 Å². The Hall–Kier alpha value is -3.00. The molecule has 0 spiro atoms. The summed E-state index contributed by atoms with van der Waals surface area (Å²) in [4.78, 5) is 14.6. The topological polar surface area (TPSA) is 85.5 Å². The molecule has 116 valence electrons. The van der Waals surface area contributed by atoms with Gasteiger partial charge in [0.25, 0.3) is 0 Å². The molecule has 0 aliphatic carbocycles. The van der Waals surface area contributed by atoms with Crippen LogP contribution in [0.5, 0.6) is 17.4 Å². The maximum Gasteiger partial charge on any atom is 0.312 e. The summed E-state index contributed by atoms with van der Waals surface area (Å²) in [6.45, 7) is 0. The predicted octanol–water partition coefficient (Wildman–Crippen LogP) is 4.36. The Balaban J connectivity index is 1.97. The van der Waals surface area contributed by atoms with Crippen molar-refractivity contribution in [3.05, 3.63) is 63.8 Å². The highest BCUT2D eigenvalue weighted by atomic mass is 32.1. The van der Waals surface area contributed by atoms with Crippen LogP contribution in [0.25, 0.3) is 10.6 Å². The number of benzene rings is 2. The number of aromatic hydroxyl groups is 1. The van der Waals surface area contributed by atoms with E-state index in [4.69, 9.17) is 4.74 Å². The zero-order chi connectivity index (χ0) is 16.4. The van der Waals surface area contributed by atoms with E-state index >= 15 is 0 Å². The summed E-state index contributed by atoms with van der Waals surface area (Å²) in [7, 11) is 0. The first-order valence-electron chi connectivity index (χ1n) is 6.39. The van der Waals surface area contributed by atoms with Crippen LogP contribution in [-0.2, 0) is 0 Å². The second-order valence-electron chi connectivity index (χ2n) is 4.51. The molecule has 3 aromatic rings. The minimum Gasteiger partial charge on any atom is -0.493 e. The lowest BCUT2D eigenvalue weighted by Gasteiger charge is -2.07. The third-order valence-electron chi connectivity index (χ3n) is 2.94. The van der Waals surface area contributed by atoms with Crippen LogP contribution in [-0.4, -0.2) is 15.0 Å². The smallest absolute Gasteiger partial charge is 0.312 e. The monoisotopic (exact) mass is 332 g/mol. The van der Waals surface area contributed by atoms with Crippen LogP contribution in [0.2, 0.25) is 0 Å². The number of halogens is 1. The van der Waals surface area contributed by atoms with E-state index in [1.54, 1.807) is 6.07 Å². The van der Waals surface area contributed by atoms with Gasteiger partial charge in [0.1, 0.15) is 16.6 Å². The number of nitro benzene ring substituents is 1. The predicted molar refractivity (Wildman–Crippen MR) is 82.3 cm³/mol. The van der Waals surface area contributed by atoms with Crippen LogP contribution < -0.4 is 4.74 Å². The maximum absolute atomic E-state index is 12.9. The van der Waals surface area contributed by atoms with E-state index < -0.39 is 10.7 Å². The van der Waals surface area contributed by atoms with Crippen molar-refractivity contribution in [2.24, 2.45) is 0 Å². The first kappa shape index (κ1) is 14.9. The van der Waals surface area contributed by atoms with E-state index in [0.29, 0.717) is 10.6 Å². The average molecular weight is 332 g/mol. The molecule has 8 heteroatoms. The lowest BCUT2D eigenvalue weighted by atomic mass is 10.2.